The summed E-state index contributed by atoms with van der Waals surface area (Å²) in [6, 6.07) is 5.39. The van der Waals surface area contributed by atoms with E-state index in [1.54, 1.807) is 19.2 Å². The van der Waals surface area contributed by atoms with E-state index in [9.17, 15) is 9.59 Å². The molecule has 23 heavy (non-hydrogen) atoms. The number of nitrogens with zero attached hydrogens (tertiary/aromatic N) is 1. The van der Waals surface area contributed by atoms with Crippen LogP contribution in [0.25, 0.3) is 0 Å². The molecule has 128 valence electrons. The van der Waals surface area contributed by atoms with Crippen LogP contribution >= 0.6 is 11.6 Å². The van der Waals surface area contributed by atoms with E-state index in [1.807, 2.05) is 18.0 Å². The number of halogens is 1. The van der Waals surface area contributed by atoms with Crippen LogP contribution < -0.4 is 10.1 Å². The van der Waals surface area contributed by atoms with Crippen molar-refractivity contribution >= 4 is 23.5 Å². The fraction of sp³-hybridized carbons (Fsp3) is 0.500. The number of ether oxygens (including phenoxy) is 2. The van der Waals surface area contributed by atoms with Crippen LogP contribution in [0.15, 0.2) is 18.2 Å². The standard InChI is InChI=1S/C16H23ClN2O4/c1-19(10-12-9-13(17)6-7-14(12)22-2)11-15(20)18-8-4-5-16(21)23-3/h6-7,9H,4-5,8,10-11H2,1-3H3,(H,18,20). The number of hydrogen-bond acceptors (Lipinski definition) is 5. The van der Waals surface area contributed by atoms with Crippen LogP contribution in [0.4, 0.5) is 0 Å². The maximum Gasteiger partial charge on any atom is 0.305 e. The smallest absolute Gasteiger partial charge is 0.305 e. The van der Waals surface area contributed by atoms with E-state index in [4.69, 9.17) is 16.3 Å². The van der Waals surface area contributed by atoms with E-state index in [2.05, 4.69) is 10.1 Å². The van der Waals surface area contributed by atoms with Crippen LogP contribution in [-0.4, -0.2) is 51.1 Å². The van der Waals surface area contributed by atoms with Gasteiger partial charge in [-0.2, -0.15) is 0 Å². The third-order valence-electron chi connectivity index (χ3n) is 3.20. The number of rotatable bonds is 9. The molecule has 0 bridgehead atoms. The van der Waals surface area contributed by atoms with Crippen LogP contribution in [0.5, 0.6) is 5.75 Å². The number of methoxy groups -OCH3 is 2. The number of carbonyl (C=O) groups is 2. The van der Waals surface area contributed by atoms with Crippen LogP contribution in [0.3, 0.4) is 0 Å². The van der Waals surface area contributed by atoms with Gasteiger partial charge < -0.3 is 14.8 Å². The Labute approximate surface area is 141 Å². The molecule has 1 amide bonds. The molecule has 0 fully saturated rings. The predicted octanol–water partition coefficient (Wildman–Crippen LogP) is 1.85. The maximum absolute atomic E-state index is 11.9. The summed E-state index contributed by atoms with van der Waals surface area (Å²) < 4.78 is 9.83. The lowest BCUT2D eigenvalue weighted by Crippen LogP contribution is -2.35. The lowest BCUT2D eigenvalue weighted by molar-refractivity contribution is -0.140. The fourth-order valence-corrected chi connectivity index (χ4v) is 2.28. The number of carbonyl (C=O) groups excluding carboxylic acids is 2. The molecular weight excluding hydrogens is 320 g/mol. The molecular formula is C16H23ClN2O4. The molecule has 0 saturated heterocycles. The van der Waals surface area contributed by atoms with Crippen molar-refractivity contribution in [3.63, 3.8) is 0 Å². The number of benzene rings is 1. The molecule has 0 spiro atoms. The van der Waals surface area contributed by atoms with Gasteiger partial charge in [-0.1, -0.05) is 11.6 Å². The van der Waals surface area contributed by atoms with Crippen molar-refractivity contribution in [3.05, 3.63) is 28.8 Å². The fourth-order valence-electron chi connectivity index (χ4n) is 2.08. The van der Waals surface area contributed by atoms with Crippen LogP contribution in [0, 0.1) is 0 Å². The molecule has 0 saturated carbocycles. The number of amides is 1. The average Bonchev–Trinajstić information content (AvgIpc) is 2.51. The Morgan fingerprint density at radius 1 is 1.30 bits per heavy atom. The molecule has 0 aliphatic heterocycles. The van der Waals surface area contributed by atoms with Crippen LogP contribution in [-0.2, 0) is 20.9 Å². The third-order valence-corrected chi connectivity index (χ3v) is 3.44. The van der Waals surface area contributed by atoms with Gasteiger partial charge in [-0.3, -0.25) is 14.5 Å². The first kappa shape index (κ1) is 19.3. The highest BCUT2D eigenvalue weighted by Gasteiger charge is 2.11. The van der Waals surface area contributed by atoms with Gasteiger partial charge in [0, 0.05) is 30.1 Å². The number of nitrogens with one attached hydrogen (secondary N) is 1. The summed E-state index contributed by atoms with van der Waals surface area (Å²) in [6.45, 7) is 1.23. The third kappa shape index (κ3) is 7.34. The van der Waals surface area contributed by atoms with Gasteiger partial charge in [0.05, 0.1) is 20.8 Å². The molecule has 1 N–H and O–H groups in total. The summed E-state index contributed by atoms with van der Waals surface area (Å²) in [5.74, 6) is 0.363. The van der Waals surface area contributed by atoms with Crippen LogP contribution in [0.2, 0.25) is 5.02 Å². The Bertz CT molecular complexity index is 537. The predicted molar refractivity (Wildman–Crippen MR) is 88.6 cm³/mol. The summed E-state index contributed by atoms with van der Waals surface area (Å²) in [6.07, 6.45) is 0.858. The molecule has 0 unspecified atom stereocenters. The lowest BCUT2D eigenvalue weighted by Gasteiger charge is -2.18. The minimum Gasteiger partial charge on any atom is -0.496 e. The second-order valence-electron chi connectivity index (χ2n) is 5.16. The second-order valence-corrected chi connectivity index (χ2v) is 5.59. The van der Waals surface area contributed by atoms with E-state index >= 15 is 0 Å². The highest BCUT2D eigenvalue weighted by Crippen LogP contribution is 2.23. The Morgan fingerprint density at radius 3 is 2.70 bits per heavy atom. The van der Waals surface area contributed by atoms with Gasteiger partial charge in [0.2, 0.25) is 5.91 Å². The summed E-state index contributed by atoms with van der Waals surface area (Å²) in [5, 5.41) is 3.40. The molecule has 0 heterocycles. The molecule has 7 heteroatoms. The van der Waals surface area contributed by atoms with Gasteiger partial charge in [-0.05, 0) is 31.7 Å². The first-order valence-corrected chi connectivity index (χ1v) is 7.68. The minimum atomic E-state index is -0.274. The molecule has 0 aliphatic carbocycles. The molecule has 1 aromatic rings. The van der Waals surface area contributed by atoms with Crippen molar-refractivity contribution < 1.29 is 19.1 Å². The first-order valence-electron chi connectivity index (χ1n) is 7.30. The van der Waals surface area contributed by atoms with Crippen molar-refractivity contribution in [1.82, 2.24) is 10.2 Å². The molecule has 0 atom stereocenters. The topological polar surface area (TPSA) is 67.9 Å². The monoisotopic (exact) mass is 342 g/mol. The SMILES string of the molecule is COC(=O)CCCNC(=O)CN(C)Cc1cc(Cl)ccc1OC. The Hall–Kier alpha value is -1.79. The van der Waals surface area contributed by atoms with Crippen molar-refractivity contribution in [2.75, 3.05) is 34.4 Å². The zero-order valence-electron chi connectivity index (χ0n) is 13.7. The van der Waals surface area contributed by atoms with Crippen molar-refractivity contribution in [3.8, 4) is 5.75 Å². The zero-order chi connectivity index (χ0) is 17.2. The second kappa shape index (κ2) is 10.1. The van der Waals surface area contributed by atoms with Gasteiger partial charge >= 0.3 is 5.97 Å². The quantitative estimate of drug-likeness (QED) is 0.548. The average molecular weight is 343 g/mol. The zero-order valence-corrected chi connectivity index (χ0v) is 14.5. The summed E-state index contributed by atoms with van der Waals surface area (Å²) in [7, 11) is 4.79. The molecule has 0 radical (unpaired) electrons. The highest BCUT2D eigenvalue weighted by atomic mass is 35.5. The van der Waals surface area contributed by atoms with E-state index in [-0.39, 0.29) is 18.4 Å². The summed E-state index contributed by atoms with van der Waals surface area (Å²) >= 11 is 5.99. The van der Waals surface area contributed by atoms with Crippen molar-refractivity contribution in [2.24, 2.45) is 0 Å². The van der Waals surface area contributed by atoms with Gasteiger partial charge in [-0.15, -0.1) is 0 Å². The van der Waals surface area contributed by atoms with E-state index in [0.29, 0.717) is 31.0 Å². The number of hydrogen-bond donors (Lipinski definition) is 1. The van der Waals surface area contributed by atoms with Crippen LogP contribution in [0.1, 0.15) is 18.4 Å². The Morgan fingerprint density at radius 2 is 2.04 bits per heavy atom. The molecule has 1 rings (SSSR count). The number of likely N-dealkylation sites (N-methyl/N-ethyl adjacent to an activating group) is 1. The Balaban J connectivity index is 2.38. The van der Waals surface area contributed by atoms with Gasteiger partial charge in [-0.25, -0.2) is 0 Å². The number of esters is 1. The highest BCUT2D eigenvalue weighted by molar-refractivity contribution is 6.30. The Kier molecular flexibility index (Phi) is 8.43. The van der Waals surface area contributed by atoms with Crippen molar-refractivity contribution in [2.45, 2.75) is 19.4 Å². The van der Waals surface area contributed by atoms with Gasteiger partial charge in [0.1, 0.15) is 5.75 Å². The lowest BCUT2D eigenvalue weighted by atomic mass is 10.2. The maximum atomic E-state index is 11.9. The van der Waals surface area contributed by atoms with Gasteiger partial charge in [0.15, 0.2) is 0 Å². The van der Waals surface area contributed by atoms with E-state index < -0.39 is 0 Å². The largest absolute Gasteiger partial charge is 0.496 e. The molecule has 0 aromatic heterocycles. The van der Waals surface area contributed by atoms with E-state index in [0.717, 1.165) is 11.3 Å². The van der Waals surface area contributed by atoms with Gasteiger partial charge in [0.25, 0.3) is 0 Å². The minimum absolute atomic E-state index is 0.0987. The summed E-state index contributed by atoms with van der Waals surface area (Å²) in [5.41, 5.74) is 0.918. The first-order chi connectivity index (χ1) is 11.0. The molecule has 0 aliphatic rings. The normalized spacial score (nSPS) is 10.5. The van der Waals surface area contributed by atoms with Crippen molar-refractivity contribution in [1.29, 1.82) is 0 Å². The molecule has 1 aromatic carbocycles. The summed E-state index contributed by atoms with van der Waals surface area (Å²) in [4.78, 5) is 24.7. The van der Waals surface area contributed by atoms with E-state index in [1.165, 1.54) is 7.11 Å². The molecule has 6 nitrogen and oxygen atoms in total.